The summed E-state index contributed by atoms with van der Waals surface area (Å²) >= 11 is 0. The minimum atomic E-state index is -0.642. The first kappa shape index (κ1) is 12.6. The SMILES string of the molecule is CC(O)Cc1nc(Cc2ccc(F)cc2F)no1. The summed E-state index contributed by atoms with van der Waals surface area (Å²) in [5.41, 5.74) is 0.292. The smallest absolute Gasteiger partial charge is 0.229 e. The zero-order chi connectivity index (χ0) is 13.1. The molecule has 0 saturated carbocycles. The summed E-state index contributed by atoms with van der Waals surface area (Å²) in [6, 6.07) is 3.33. The van der Waals surface area contributed by atoms with Crippen LogP contribution in [0.25, 0.3) is 0 Å². The van der Waals surface area contributed by atoms with Crippen molar-refractivity contribution >= 4 is 0 Å². The molecular weight excluding hydrogens is 242 g/mol. The third-order valence-electron chi connectivity index (χ3n) is 2.34. The molecule has 0 bridgehead atoms. The van der Waals surface area contributed by atoms with Gasteiger partial charge in [-0.1, -0.05) is 11.2 Å². The van der Waals surface area contributed by atoms with Crippen LogP contribution in [-0.4, -0.2) is 21.4 Å². The number of rotatable bonds is 4. The Balaban J connectivity index is 2.11. The van der Waals surface area contributed by atoms with Crippen LogP contribution in [-0.2, 0) is 12.8 Å². The summed E-state index contributed by atoms with van der Waals surface area (Å²) in [6.45, 7) is 1.60. The highest BCUT2D eigenvalue weighted by atomic mass is 19.1. The van der Waals surface area contributed by atoms with Gasteiger partial charge in [-0.3, -0.25) is 0 Å². The molecule has 1 aromatic heterocycles. The molecule has 1 heterocycles. The van der Waals surface area contributed by atoms with Gasteiger partial charge in [0.15, 0.2) is 5.82 Å². The van der Waals surface area contributed by atoms with E-state index in [-0.39, 0.29) is 12.8 Å². The van der Waals surface area contributed by atoms with Crippen molar-refractivity contribution in [3.63, 3.8) is 0 Å². The fourth-order valence-electron chi connectivity index (χ4n) is 1.53. The van der Waals surface area contributed by atoms with Crippen LogP contribution in [0.5, 0.6) is 0 Å². The van der Waals surface area contributed by atoms with Crippen molar-refractivity contribution < 1.29 is 18.4 Å². The van der Waals surface area contributed by atoms with Gasteiger partial charge in [0.1, 0.15) is 11.6 Å². The summed E-state index contributed by atoms with van der Waals surface area (Å²) in [6.07, 6.45) is -0.213. The monoisotopic (exact) mass is 254 g/mol. The first-order valence-electron chi connectivity index (χ1n) is 5.48. The topological polar surface area (TPSA) is 59.2 Å². The highest BCUT2D eigenvalue weighted by Crippen LogP contribution is 2.13. The molecule has 0 radical (unpaired) electrons. The van der Waals surface area contributed by atoms with Crippen molar-refractivity contribution in [3.8, 4) is 0 Å². The summed E-state index contributed by atoms with van der Waals surface area (Å²) in [4.78, 5) is 4.01. The predicted molar refractivity (Wildman–Crippen MR) is 58.8 cm³/mol. The maximum absolute atomic E-state index is 13.4. The molecule has 1 unspecified atom stereocenters. The van der Waals surface area contributed by atoms with Crippen molar-refractivity contribution in [2.24, 2.45) is 0 Å². The average molecular weight is 254 g/mol. The summed E-state index contributed by atoms with van der Waals surface area (Å²) in [7, 11) is 0. The molecule has 18 heavy (non-hydrogen) atoms. The minimum absolute atomic E-state index is 0.120. The number of benzene rings is 1. The van der Waals surface area contributed by atoms with Crippen LogP contribution in [0.1, 0.15) is 24.2 Å². The molecule has 0 spiro atoms. The summed E-state index contributed by atoms with van der Waals surface area (Å²) < 4.78 is 31.0. The summed E-state index contributed by atoms with van der Waals surface area (Å²) in [5.74, 6) is -0.672. The molecule has 96 valence electrons. The fourth-order valence-corrected chi connectivity index (χ4v) is 1.53. The zero-order valence-corrected chi connectivity index (χ0v) is 9.73. The Labute approximate surface area is 102 Å². The normalized spacial score (nSPS) is 12.7. The Morgan fingerprint density at radius 2 is 2.17 bits per heavy atom. The molecule has 0 amide bonds. The number of hydrogen-bond acceptors (Lipinski definition) is 4. The first-order valence-corrected chi connectivity index (χ1v) is 5.48. The number of aliphatic hydroxyl groups is 1. The van der Waals surface area contributed by atoms with Crippen LogP contribution in [0.15, 0.2) is 22.7 Å². The van der Waals surface area contributed by atoms with Gasteiger partial charge in [-0.2, -0.15) is 4.98 Å². The molecule has 2 aromatic rings. The Bertz CT molecular complexity index is 541. The predicted octanol–water partition coefficient (Wildman–Crippen LogP) is 1.86. The molecule has 0 saturated heterocycles. The molecule has 0 aliphatic rings. The lowest BCUT2D eigenvalue weighted by Gasteiger charge is -1.99. The Kier molecular flexibility index (Phi) is 3.66. The largest absolute Gasteiger partial charge is 0.393 e. The van der Waals surface area contributed by atoms with Gasteiger partial charge in [-0.15, -0.1) is 0 Å². The standard InChI is InChI=1S/C12H12F2N2O2/c1-7(17)4-12-15-11(16-18-12)5-8-2-3-9(13)6-10(8)14/h2-3,6-7,17H,4-5H2,1H3. The molecule has 1 N–H and O–H groups in total. The molecule has 0 aliphatic carbocycles. The van der Waals surface area contributed by atoms with Gasteiger partial charge >= 0.3 is 0 Å². The van der Waals surface area contributed by atoms with E-state index in [1.54, 1.807) is 6.92 Å². The van der Waals surface area contributed by atoms with Crippen molar-refractivity contribution in [2.45, 2.75) is 25.9 Å². The van der Waals surface area contributed by atoms with Crippen LogP contribution in [0.3, 0.4) is 0 Å². The van der Waals surface area contributed by atoms with Crippen molar-refractivity contribution in [2.75, 3.05) is 0 Å². The van der Waals surface area contributed by atoms with Crippen LogP contribution in [0, 0.1) is 11.6 Å². The number of hydrogen-bond donors (Lipinski definition) is 1. The summed E-state index contributed by atoms with van der Waals surface area (Å²) in [5, 5.41) is 12.8. The molecule has 1 atom stereocenters. The molecular formula is C12H12F2N2O2. The highest BCUT2D eigenvalue weighted by molar-refractivity contribution is 5.21. The Morgan fingerprint density at radius 3 is 2.83 bits per heavy atom. The van der Waals surface area contributed by atoms with E-state index in [0.717, 1.165) is 6.07 Å². The van der Waals surface area contributed by atoms with E-state index in [4.69, 9.17) is 9.63 Å². The fraction of sp³-hybridized carbons (Fsp3) is 0.333. The second kappa shape index (κ2) is 5.22. The van der Waals surface area contributed by atoms with E-state index in [1.165, 1.54) is 12.1 Å². The number of nitrogens with zero attached hydrogens (tertiary/aromatic N) is 2. The third kappa shape index (κ3) is 3.10. The zero-order valence-electron chi connectivity index (χ0n) is 9.73. The van der Waals surface area contributed by atoms with E-state index in [2.05, 4.69) is 10.1 Å². The van der Waals surface area contributed by atoms with Crippen LogP contribution < -0.4 is 0 Å². The van der Waals surface area contributed by atoms with Gasteiger partial charge in [-0.05, 0) is 18.6 Å². The average Bonchev–Trinajstić information content (AvgIpc) is 2.69. The maximum Gasteiger partial charge on any atom is 0.229 e. The van der Waals surface area contributed by atoms with E-state index < -0.39 is 17.7 Å². The maximum atomic E-state index is 13.4. The molecule has 4 nitrogen and oxygen atoms in total. The number of aromatic nitrogens is 2. The lowest BCUT2D eigenvalue weighted by Crippen LogP contribution is -2.04. The van der Waals surface area contributed by atoms with E-state index in [0.29, 0.717) is 17.3 Å². The van der Waals surface area contributed by atoms with Gasteiger partial charge < -0.3 is 9.63 Å². The van der Waals surface area contributed by atoms with Crippen LogP contribution >= 0.6 is 0 Å². The van der Waals surface area contributed by atoms with Crippen LogP contribution in [0.2, 0.25) is 0 Å². The molecule has 1 aromatic carbocycles. The van der Waals surface area contributed by atoms with E-state index in [9.17, 15) is 8.78 Å². The quantitative estimate of drug-likeness (QED) is 0.904. The first-order chi connectivity index (χ1) is 8.54. The second-order valence-electron chi connectivity index (χ2n) is 4.07. The molecule has 2 rings (SSSR count). The van der Waals surface area contributed by atoms with Crippen molar-refractivity contribution in [1.29, 1.82) is 0 Å². The Morgan fingerprint density at radius 1 is 1.39 bits per heavy atom. The van der Waals surface area contributed by atoms with Gasteiger partial charge in [-0.25, -0.2) is 8.78 Å². The third-order valence-corrected chi connectivity index (χ3v) is 2.34. The van der Waals surface area contributed by atoms with Gasteiger partial charge in [0.05, 0.1) is 12.5 Å². The molecule has 0 aliphatic heterocycles. The van der Waals surface area contributed by atoms with Gasteiger partial charge in [0, 0.05) is 12.5 Å². The van der Waals surface area contributed by atoms with Gasteiger partial charge in [0.2, 0.25) is 5.89 Å². The van der Waals surface area contributed by atoms with Crippen LogP contribution in [0.4, 0.5) is 8.78 Å². The van der Waals surface area contributed by atoms with Crippen molar-refractivity contribution in [3.05, 3.63) is 47.1 Å². The highest BCUT2D eigenvalue weighted by Gasteiger charge is 2.12. The van der Waals surface area contributed by atoms with Gasteiger partial charge in [0.25, 0.3) is 0 Å². The lowest BCUT2D eigenvalue weighted by atomic mass is 10.1. The molecule has 0 fully saturated rings. The second-order valence-corrected chi connectivity index (χ2v) is 4.07. The Hall–Kier alpha value is -1.82. The van der Waals surface area contributed by atoms with Crippen molar-refractivity contribution in [1.82, 2.24) is 10.1 Å². The lowest BCUT2D eigenvalue weighted by molar-refractivity contribution is 0.181. The number of halogens is 2. The van der Waals surface area contributed by atoms with E-state index in [1.807, 2.05) is 0 Å². The molecule has 6 heteroatoms. The van der Waals surface area contributed by atoms with E-state index >= 15 is 0 Å². The minimum Gasteiger partial charge on any atom is -0.393 e. The number of aliphatic hydroxyl groups excluding tert-OH is 1.